The predicted molar refractivity (Wildman–Crippen MR) is 151 cm³/mol. The second-order valence-corrected chi connectivity index (χ2v) is 9.60. The number of nitro benzene ring substituents is 1. The maximum absolute atomic E-state index is 13.7. The highest BCUT2D eigenvalue weighted by Crippen LogP contribution is 2.35. The fourth-order valence-electron chi connectivity index (χ4n) is 4.21. The fourth-order valence-corrected chi connectivity index (χ4v) is 4.44. The van der Waals surface area contributed by atoms with Crippen molar-refractivity contribution in [1.29, 1.82) is 0 Å². The largest absolute Gasteiger partial charge is 0.496 e. The van der Waals surface area contributed by atoms with E-state index in [0.29, 0.717) is 22.2 Å². The molecule has 3 aromatic carbocycles. The number of carbonyl (C=O) groups is 1. The van der Waals surface area contributed by atoms with Crippen LogP contribution in [0, 0.1) is 17.0 Å². The molecule has 206 valence electrons. The van der Waals surface area contributed by atoms with Gasteiger partial charge in [0, 0.05) is 22.2 Å². The molecule has 0 unspecified atom stereocenters. The zero-order chi connectivity index (χ0) is 29.1. The van der Waals surface area contributed by atoms with Gasteiger partial charge in [0.25, 0.3) is 5.56 Å². The van der Waals surface area contributed by atoms with Crippen LogP contribution >= 0.6 is 11.6 Å². The van der Waals surface area contributed by atoms with Crippen LogP contribution in [-0.4, -0.2) is 45.6 Å². The summed E-state index contributed by atoms with van der Waals surface area (Å²) >= 11 is 6.11. The van der Waals surface area contributed by atoms with Gasteiger partial charge in [-0.1, -0.05) is 37.6 Å². The van der Waals surface area contributed by atoms with Crippen molar-refractivity contribution in [3.05, 3.63) is 90.7 Å². The molecule has 4 aromatic rings. The summed E-state index contributed by atoms with van der Waals surface area (Å²) in [5, 5.41) is 25.4. The monoisotopic (exact) mass is 564 g/mol. The van der Waals surface area contributed by atoms with Crippen molar-refractivity contribution in [1.82, 2.24) is 9.66 Å². The van der Waals surface area contributed by atoms with Gasteiger partial charge in [-0.15, -0.1) is 0 Å². The predicted octanol–water partition coefficient (Wildman–Crippen LogP) is 5.41. The topological polar surface area (TPSA) is 146 Å². The lowest BCUT2D eigenvalue weighted by molar-refractivity contribution is -0.385. The molecule has 0 saturated carbocycles. The van der Waals surface area contributed by atoms with E-state index in [1.165, 1.54) is 6.07 Å². The number of nitrogens with zero attached hydrogens (tertiary/aromatic N) is 4. The zero-order valence-electron chi connectivity index (χ0n) is 22.0. The van der Waals surface area contributed by atoms with Crippen molar-refractivity contribution in [2.75, 3.05) is 13.7 Å². The fraction of sp³-hybridized carbons (Fsp3) is 0.214. The molecule has 0 atom stereocenters. The lowest BCUT2D eigenvalue weighted by Gasteiger charge is -2.17. The lowest BCUT2D eigenvalue weighted by atomic mass is 9.96. The minimum atomic E-state index is -1.33. The van der Waals surface area contributed by atoms with Gasteiger partial charge in [0.1, 0.15) is 5.75 Å². The molecule has 1 heterocycles. The van der Waals surface area contributed by atoms with Crippen molar-refractivity contribution in [3.63, 3.8) is 0 Å². The molecule has 1 aromatic heterocycles. The van der Waals surface area contributed by atoms with Crippen LogP contribution in [0.25, 0.3) is 22.3 Å². The Hall–Kier alpha value is -4.77. The molecule has 0 aliphatic carbocycles. The quantitative estimate of drug-likeness (QED) is 0.161. The van der Waals surface area contributed by atoms with Gasteiger partial charge in [-0.3, -0.25) is 14.9 Å². The highest BCUT2D eigenvalue weighted by Gasteiger charge is 2.22. The van der Waals surface area contributed by atoms with E-state index in [-0.39, 0.29) is 28.1 Å². The number of aliphatic carboxylic acids is 1. The molecular formula is C28H25ClN4O7. The first-order valence-electron chi connectivity index (χ1n) is 12.1. The SMILES string of the molecule is COc1cc(C)c(-c2nc3ccccc3c(=O)n2N=Cc2cc(Cl)cc([N+](=O)[O-])c2OCC(=O)O)cc1C(C)C. The second-order valence-electron chi connectivity index (χ2n) is 9.16. The van der Waals surface area contributed by atoms with E-state index < -0.39 is 28.7 Å². The van der Waals surface area contributed by atoms with E-state index in [9.17, 15) is 19.7 Å². The number of aromatic nitrogens is 2. The van der Waals surface area contributed by atoms with Gasteiger partial charge in [0.05, 0.1) is 29.2 Å². The van der Waals surface area contributed by atoms with E-state index >= 15 is 0 Å². The number of benzene rings is 3. The molecule has 0 aliphatic heterocycles. The molecule has 0 saturated heterocycles. The Balaban J connectivity index is 2.00. The number of methoxy groups -OCH3 is 1. The number of carboxylic acids is 1. The van der Waals surface area contributed by atoms with Crippen molar-refractivity contribution < 1.29 is 24.3 Å². The number of hydrogen-bond acceptors (Lipinski definition) is 8. The van der Waals surface area contributed by atoms with Crippen LogP contribution in [0.5, 0.6) is 11.5 Å². The summed E-state index contributed by atoms with van der Waals surface area (Å²) in [6.45, 7) is 5.05. The molecule has 0 aliphatic rings. The molecule has 12 heteroatoms. The van der Waals surface area contributed by atoms with Crippen molar-refractivity contribution in [3.8, 4) is 22.9 Å². The summed E-state index contributed by atoms with van der Waals surface area (Å²) in [6, 6.07) is 12.9. The molecule has 0 bridgehead atoms. The van der Waals surface area contributed by atoms with Crippen molar-refractivity contribution >= 4 is 40.4 Å². The zero-order valence-corrected chi connectivity index (χ0v) is 22.8. The van der Waals surface area contributed by atoms with Gasteiger partial charge in [-0.2, -0.15) is 9.78 Å². The van der Waals surface area contributed by atoms with Crippen LogP contribution in [0.2, 0.25) is 5.02 Å². The first-order chi connectivity index (χ1) is 19.0. The van der Waals surface area contributed by atoms with Crippen LogP contribution in [0.3, 0.4) is 0 Å². The Morgan fingerprint density at radius 3 is 2.62 bits per heavy atom. The number of hydrogen-bond donors (Lipinski definition) is 1. The minimum Gasteiger partial charge on any atom is -0.496 e. The number of halogens is 1. The second kappa shape index (κ2) is 11.5. The first-order valence-corrected chi connectivity index (χ1v) is 12.5. The standard InChI is InChI=1S/C28H25ClN4O7/c1-15(2)20-12-21(16(3)9-24(20)39-4)27-31-22-8-6-5-7-19(22)28(36)32(27)30-13-17-10-18(29)11-23(33(37)38)26(17)40-14-25(34)35/h5-13,15H,14H2,1-4H3,(H,34,35). The number of rotatable bonds is 9. The normalized spacial score (nSPS) is 11.3. The van der Waals surface area contributed by atoms with E-state index in [4.69, 9.17) is 31.2 Å². The Labute approximate surface area is 233 Å². The molecule has 0 fully saturated rings. The van der Waals surface area contributed by atoms with Crippen molar-refractivity contribution in [2.24, 2.45) is 5.10 Å². The van der Waals surface area contributed by atoms with Crippen molar-refractivity contribution in [2.45, 2.75) is 26.7 Å². The highest BCUT2D eigenvalue weighted by atomic mass is 35.5. The number of para-hydroxylation sites is 1. The third kappa shape index (κ3) is 5.64. The number of carboxylic acid groups (broad SMARTS) is 1. The Kier molecular flexibility index (Phi) is 8.15. The molecule has 11 nitrogen and oxygen atoms in total. The van der Waals surface area contributed by atoms with E-state index in [0.717, 1.165) is 28.1 Å². The summed E-state index contributed by atoms with van der Waals surface area (Å²) in [7, 11) is 1.59. The van der Waals surface area contributed by atoms with Crippen LogP contribution < -0.4 is 15.0 Å². The molecular weight excluding hydrogens is 540 g/mol. The average molecular weight is 565 g/mol. The summed E-state index contributed by atoms with van der Waals surface area (Å²) in [5.74, 6) is -0.668. The summed E-state index contributed by atoms with van der Waals surface area (Å²) in [5.41, 5.74) is 1.73. The van der Waals surface area contributed by atoms with Gasteiger partial charge >= 0.3 is 11.7 Å². The Bertz CT molecular complexity index is 1730. The summed E-state index contributed by atoms with van der Waals surface area (Å²) in [4.78, 5) is 40.5. The van der Waals surface area contributed by atoms with Gasteiger partial charge in [0.15, 0.2) is 12.4 Å². The smallest absolute Gasteiger partial charge is 0.341 e. The molecule has 1 N–H and O–H groups in total. The number of nitro groups is 1. The number of ether oxygens (including phenoxy) is 2. The summed E-state index contributed by atoms with van der Waals surface area (Å²) < 4.78 is 11.9. The first kappa shape index (κ1) is 28.2. The maximum Gasteiger partial charge on any atom is 0.341 e. The van der Waals surface area contributed by atoms with Crippen LogP contribution in [0.15, 0.2) is 58.4 Å². The molecule has 40 heavy (non-hydrogen) atoms. The van der Waals surface area contributed by atoms with E-state index in [2.05, 4.69) is 5.10 Å². The Morgan fingerprint density at radius 1 is 1.25 bits per heavy atom. The summed E-state index contributed by atoms with van der Waals surface area (Å²) in [6.07, 6.45) is 1.15. The van der Waals surface area contributed by atoms with E-state index in [1.807, 2.05) is 32.9 Å². The molecule has 4 rings (SSSR count). The molecule has 0 spiro atoms. The van der Waals surface area contributed by atoms with Gasteiger partial charge in [0.2, 0.25) is 5.75 Å². The Morgan fingerprint density at radius 2 is 1.98 bits per heavy atom. The lowest BCUT2D eigenvalue weighted by Crippen LogP contribution is -2.21. The number of fused-ring (bicyclic) bond motifs is 1. The molecule has 0 amide bonds. The minimum absolute atomic E-state index is 0.000723. The van der Waals surface area contributed by atoms with E-state index in [1.54, 1.807) is 31.4 Å². The molecule has 0 radical (unpaired) electrons. The third-order valence-electron chi connectivity index (χ3n) is 6.11. The number of aryl methyl sites for hydroxylation is 1. The van der Waals surface area contributed by atoms with Crippen LogP contribution in [0.1, 0.15) is 36.5 Å². The average Bonchev–Trinajstić information content (AvgIpc) is 2.91. The van der Waals surface area contributed by atoms with Gasteiger partial charge in [-0.25, -0.2) is 9.78 Å². The van der Waals surface area contributed by atoms with Crippen LogP contribution in [-0.2, 0) is 4.79 Å². The van der Waals surface area contributed by atoms with Gasteiger partial charge in [-0.05, 0) is 54.3 Å². The van der Waals surface area contributed by atoms with Gasteiger partial charge < -0.3 is 14.6 Å². The highest BCUT2D eigenvalue weighted by molar-refractivity contribution is 6.31. The maximum atomic E-state index is 13.7. The van der Waals surface area contributed by atoms with Crippen LogP contribution in [0.4, 0.5) is 5.69 Å². The third-order valence-corrected chi connectivity index (χ3v) is 6.32.